The van der Waals surface area contributed by atoms with Gasteiger partial charge in [0, 0.05) is 17.1 Å². The average Bonchev–Trinajstić information content (AvgIpc) is 2.92. The number of aromatic nitrogens is 2. The van der Waals surface area contributed by atoms with Crippen molar-refractivity contribution < 1.29 is 0 Å². The third-order valence-electron chi connectivity index (χ3n) is 4.87. The molecular weight excluding hydrogens is 330 g/mol. The Labute approximate surface area is 151 Å². The van der Waals surface area contributed by atoms with Gasteiger partial charge in [0.1, 0.15) is 4.83 Å². The van der Waals surface area contributed by atoms with Crippen molar-refractivity contribution >= 4 is 33.2 Å². The summed E-state index contributed by atoms with van der Waals surface area (Å²) in [6.07, 6.45) is 4.49. The van der Waals surface area contributed by atoms with Gasteiger partial charge in [-0.05, 0) is 75.3 Å². The minimum atomic E-state index is 0.0961. The molecule has 2 heterocycles. The summed E-state index contributed by atoms with van der Waals surface area (Å²) in [5, 5.41) is 4.23. The number of hydrogen-bond donors (Lipinski definition) is 1. The fourth-order valence-corrected chi connectivity index (χ4v) is 5.06. The van der Waals surface area contributed by atoms with E-state index in [4.69, 9.17) is 4.98 Å². The molecule has 4 nitrogen and oxygen atoms in total. The van der Waals surface area contributed by atoms with E-state index in [0.717, 1.165) is 28.7 Å². The quantitative estimate of drug-likeness (QED) is 0.741. The second-order valence-corrected chi connectivity index (χ2v) is 7.96. The van der Waals surface area contributed by atoms with Crippen LogP contribution >= 0.6 is 11.3 Å². The van der Waals surface area contributed by atoms with Crippen LogP contribution in [0.4, 0.5) is 11.6 Å². The fraction of sp³-hybridized carbons (Fsp3) is 0.400. The maximum atomic E-state index is 13.1. The molecule has 25 heavy (non-hydrogen) atoms. The summed E-state index contributed by atoms with van der Waals surface area (Å²) < 4.78 is 1.77. The summed E-state index contributed by atoms with van der Waals surface area (Å²) in [7, 11) is 0. The first-order valence-corrected chi connectivity index (χ1v) is 9.79. The third kappa shape index (κ3) is 2.86. The summed E-state index contributed by atoms with van der Waals surface area (Å²) in [5.74, 6) is 0.642. The lowest BCUT2D eigenvalue weighted by molar-refractivity contribution is 0.696. The number of nitrogens with zero attached hydrogens (tertiary/aromatic N) is 2. The zero-order valence-corrected chi connectivity index (χ0v) is 15.8. The molecule has 0 aliphatic heterocycles. The van der Waals surface area contributed by atoms with Crippen LogP contribution in [0.1, 0.15) is 41.3 Å². The number of hydrogen-bond acceptors (Lipinski definition) is 4. The van der Waals surface area contributed by atoms with Gasteiger partial charge in [-0.25, -0.2) is 4.98 Å². The van der Waals surface area contributed by atoms with E-state index >= 15 is 0 Å². The molecule has 1 aromatic carbocycles. The van der Waals surface area contributed by atoms with Crippen molar-refractivity contribution in [2.24, 2.45) is 0 Å². The van der Waals surface area contributed by atoms with Crippen LogP contribution in [-0.2, 0) is 19.4 Å². The van der Waals surface area contributed by atoms with Crippen molar-refractivity contribution in [3.8, 4) is 0 Å². The molecule has 130 valence electrons. The number of fused-ring (bicyclic) bond motifs is 3. The van der Waals surface area contributed by atoms with Crippen LogP contribution in [0, 0.1) is 13.8 Å². The van der Waals surface area contributed by atoms with Gasteiger partial charge in [0.05, 0.1) is 5.39 Å². The predicted octanol–water partition coefficient (Wildman–Crippen LogP) is 4.72. The summed E-state index contributed by atoms with van der Waals surface area (Å²) >= 11 is 1.70. The summed E-state index contributed by atoms with van der Waals surface area (Å²) in [4.78, 5) is 20.2. The van der Waals surface area contributed by atoms with E-state index in [1.807, 2.05) is 6.92 Å². The van der Waals surface area contributed by atoms with Crippen LogP contribution in [0.3, 0.4) is 0 Å². The van der Waals surface area contributed by atoms with E-state index in [0.29, 0.717) is 12.5 Å². The van der Waals surface area contributed by atoms with E-state index in [9.17, 15) is 4.79 Å². The van der Waals surface area contributed by atoms with Gasteiger partial charge in [0.2, 0.25) is 5.95 Å². The highest BCUT2D eigenvalue weighted by molar-refractivity contribution is 7.18. The molecule has 0 amide bonds. The highest BCUT2D eigenvalue weighted by atomic mass is 32.1. The highest BCUT2D eigenvalue weighted by Gasteiger charge is 2.21. The molecule has 4 rings (SSSR count). The lowest BCUT2D eigenvalue weighted by atomic mass is 9.97. The van der Waals surface area contributed by atoms with Crippen LogP contribution in [0.25, 0.3) is 10.2 Å². The summed E-state index contributed by atoms with van der Waals surface area (Å²) in [6, 6.07) is 6.31. The average molecular weight is 353 g/mol. The molecule has 1 N–H and O–H groups in total. The standard InChI is InChI=1S/C20H23N3OS/c1-4-23-19(24)17-15-7-5-6-8-16(15)25-18(17)22-20(23)21-14-10-12(2)9-13(3)11-14/h9-11H,4-8H2,1-3H3,(H,21,22). The molecular formula is C20H23N3OS. The maximum absolute atomic E-state index is 13.1. The SMILES string of the molecule is CCn1c(Nc2cc(C)cc(C)c2)nc2sc3c(c2c1=O)CCCC3. The van der Waals surface area contributed by atoms with E-state index in [2.05, 4.69) is 37.4 Å². The van der Waals surface area contributed by atoms with Crippen LogP contribution < -0.4 is 10.9 Å². The van der Waals surface area contributed by atoms with Gasteiger partial charge < -0.3 is 5.32 Å². The molecule has 0 radical (unpaired) electrons. The zero-order valence-electron chi connectivity index (χ0n) is 15.0. The Morgan fingerprint density at radius 2 is 1.88 bits per heavy atom. The van der Waals surface area contributed by atoms with Crippen molar-refractivity contribution in [2.45, 2.75) is 53.0 Å². The van der Waals surface area contributed by atoms with Gasteiger partial charge in [-0.3, -0.25) is 9.36 Å². The van der Waals surface area contributed by atoms with E-state index in [-0.39, 0.29) is 5.56 Å². The Hall–Kier alpha value is -2.14. The van der Waals surface area contributed by atoms with E-state index < -0.39 is 0 Å². The molecule has 0 saturated carbocycles. The van der Waals surface area contributed by atoms with Crippen molar-refractivity contribution in [1.82, 2.24) is 9.55 Å². The van der Waals surface area contributed by atoms with Gasteiger partial charge in [0.25, 0.3) is 5.56 Å². The maximum Gasteiger partial charge on any atom is 0.263 e. The van der Waals surface area contributed by atoms with Crippen LogP contribution in [-0.4, -0.2) is 9.55 Å². The van der Waals surface area contributed by atoms with Crippen molar-refractivity contribution in [3.05, 3.63) is 50.1 Å². The Bertz CT molecular complexity index is 996. The number of rotatable bonds is 3. The van der Waals surface area contributed by atoms with Gasteiger partial charge >= 0.3 is 0 Å². The number of nitrogens with one attached hydrogen (secondary N) is 1. The molecule has 0 atom stereocenters. The smallest absolute Gasteiger partial charge is 0.263 e. The molecule has 2 aromatic heterocycles. The number of anilines is 2. The number of thiophene rings is 1. The minimum Gasteiger partial charge on any atom is -0.325 e. The number of aryl methyl sites for hydroxylation is 4. The van der Waals surface area contributed by atoms with Crippen LogP contribution in [0.15, 0.2) is 23.0 Å². The first-order valence-electron chi connectivity index (χ1n) is 8.97. The highest BCUT2D eigenvalue weighted by Crippen LogP contribution is 2.34. The Morgan fingerprint density at radius 3 is 2.60 bits per heavy atom. The molecule has 1 aliphatic rings. The molecule has 5 heteroatoms. The van der Waals surface area contributed by atoms with E-state index in [1.54, 1.807) is 15.9 Å². The van der Waals surface area contributed by atoms with Crippen molar-refractivity contribution in [2.75, 3.05) is 5.32 Å². The normalized spacial score (nSPS) is 13.9. The lowest BCUT2D eigenvalue weighted by Crippen LogP contribution is -2.23. The largest absolute Gasteiger partial charge is 0.325 e. The summed E-state index contributed by atoms with van der Waals surface area (Å²) in [6.45, 7) is 6.77. The second kappa shape index (κ2) is 6.30. The molecule has 0 unspecified atom stereocenters. The molecule has 0 spiro atoms. The first-order chi connectivity index (χ1) is 12.1. The lowest BCUT2D eigenvalue weighted by Gasteiger charge is -2.14. The van der Waals surface area contributed by atoms with Crippen molar-refractivity contribution in [1.29, 1.82) is 0 Å². The van der Waals surface area contributed by atoms with Gasteiger partial charge in [-0.1, -0.05) is 6.07 Å². The first kappa shape index (κ1) is 16.3. The van der Waals surface area contributed by atoms with Crippen LogP contribution in [0.5, 0.6) is 0 Å². The topological polar surface area (TPSA) is 46.9 Å². The van der Waals surface area contributed by atoms with Crippen LogP contribution in [0.2, 0.25) is 0 Å². The Balaban J connectivity index is 1.87. The monoisotopic (exact) mass is 353 g/mol. The zero-order chi connectivity index (χ0) is 17.6. The second-order valence-electron chi connectivity index (χ2n) is 6.88. The molecule has 0 saturated heterocycles. The predicted molar refractivity (Wildman–Crippen MR) is 105 cm³/mol. The fourth-order valence-electron chi connectivity index (χ4n) is 3.80. The molecule has 3 aromatic rings. The van der Waals surface area contributed by atoms with Crippen molar-refractivity contribution in [3.63, 3.8) is 0 Å². The Morgan fingerprint density at radius 1 is 1.16 bits per heavy atom. The number of benzene rings is 1. The third-order valence-corrected chi connectivity index (χ3v) is 6.05. The van der Waals surface area contributed by atoms with Gasteiger partial charge in [-0.2, -0.15) is 0 Å². The van der Waals surface area contributed by atoms with Gasteiger partial charge in [-0.15, -0.1) is 11.3 Å². The molecule has 1 aliphatic carbocycles. The molecule has 0 fully saturated rings. The minimum absolute atomic E-state index is 0.0961. The van der Waals surface area contributed by atoms with Gasteiger partial charge in [0.15, 0.2) is 0 Å². The summed E-state index contributed by atoms with van der Waals surface area (Å²) in [5.41, 5.74) is 4.72. The Kier molecular flexibility index (Phi) is 4.12. The van der Waals surface area contributed by atoms with E-state index in [1.165, 1.54) is 34.4 Å². The molecule has 0 bridgehead atoms.